The van der Waals surface area contributed by atoms with Crippen LogP contribution in [0.3, 0.4) is 0 Å². The van der Waals surface area contributed by atoms with Crippen molar-refractivity contribution in [3.63, 3.8) is 0 Å². The summed E-state index contributed by atoms with van der Waals surface area (Å²) in [4.78, 5) is 26.1. The molecule has 1 aromatic rings. The third-order valence-corrected chi connectivity index (χ3v) is 5.18. The lowest BCUT2D eigenvalue weighted by atomic mass is 10.0. The van der Waals surface area contributed by atoms with Crippen LogP contribution in [0.15, 0.2) is 24.3 Å². The summed E-state index contributed by atoms with van der Waals surface area (Å²) in [7, 11) is 0. The van der Waals surface area contributed by atoms with Gasteiger partial charge in [-0.3, -0.25) is 14.5 Å². The molecule has 148 valence electrons. The predicted molar refractivity (Wildman–Crippen MR) is 100 cm³/mol. The second-order valence-corrected chi connectivity index (χ2v) is 7.17. The van der Waals surface area contributed by atoms with Crippen LogP contribution in [-0.2, 0) is 25.5 Å². The standard InChI is InChI=1S/C21H29NO5/c1-2-25-20(24)8-4-7-19(23)18-6-3-5-17(15-18)16-22-11-9-21(10-12-22)26-13-14-27-21/h3,5-6,15H,2,4,7-14,16H2,1H3. The Morgan fingerprint density at radius 3 is 2.59 bits per heavy atom. The van der Waals surface area contributed by atoms with Crippen molar-refractivity contribution in [3.8, 4) is 0 Å². The van der Waals surface area contributed by atoms with Crippen molar-refractivity contribution in [2.24, 2.45) is 0 Å². The van der Waals surface area contributed by atoms with Gasteiger partial charge in [-0.1, -0.05) is 18.2 Å². The molecule has 27 heavy (non-hydrogen) atoms. The zero-order chi connectivity index (χ0) is 19.1. The number of carbonyl (C=O) groups excluding carboxylic acids is 2. The number of ether oxygens (including phenoxy) is 3. The molecule has 0 aliphatic carbocycles. The quantitative estimate of drug-likeness (QED) is 0.514. The zero-order valence-electron chi connectivity index (χ0n) is 16.1. The summed E-state index contributed by atoms with van der Waals surface area (Å²) in [5.74, 6) is -0.517. The molecule has 0 saturated carbocycles. The number of Topliss-reactive ketones (excluding diaryl/α,β-unsaturated/α-hetero) is 1. The van der Waals surface area contributed by atoms with Crippen LogP contribution in [0.2, 0.25) is 0 Å². The highest BCUT2D eigenvalue weighted by molar-refractivity contribution is 5.96. The molecule has 0 radical (unpaired) electrons. The van der Waals surface area contributed by atoms with Crippen LogP contribution >= 0.6 is 0 Å². The molecule has 6 nitrogen and oxygen atoms in total. The van der Waals surface area contributed by atoms with Gasteiger partial charge in [-0.2, -0.15) is 0 Å². The van der Waals surface area contributed by atoms with E-state index in [1.807, 2.05) is 18.2 Å². The fourth-order valence-electron chi connectivity index (χ4n) is 3.71. The van der Waals surface area contributed by atoms with Gasteiger partial charge in [-0.05, 0) is 25.0 Å². The van der Waals surface area contributed by atoms with Crippen molar-refractivity contribution >= 4 is 11.8 Å². The number of likely N-dealkylation sites (tertiary alicyclic amines) is 1. The molecule has 2 saturated heterocycles. The van der Waals surface area contributed by atoms with E-state index in [9.17, 15) is 9.59 Å². The monoisotopic (exact) mass is 375 g/mol. The summed E-state index contributed by atoms with van der Waals surface area (Å²) < 4.78 is 16.4. The highest BCUT2D eigenvalue weighted by Gasteiger charge is 2.39. The van der Waals surface area contributed by atoms with Gasteiger partial charge >= 0.3 is 5.97 Å². The summed E-state index contributed by atoms with van der Waals surface area (Å²) in [6.45, 7) is 6.23. The Balaban J connectivity index is 1.47. The van der Waals surface area contributed by atoms with E-state index in [-0.39, 0.29) is 17.5 Å². The predicted octanol–water partition coefficient (Wildman–Crippen LogP) is 2.94. The van der Waals surface area contributed by atoms with Gasteiger partial charge < -0.3 is 14.2 Å². The minimum Gasteiger partial charge on any atom is -0.466 e. The van der Waals surface area contributed by atoms with Gasteiger partial charge in [0.2, 0.25) is 0 Å². The van der Waals surface area contributed by atoms with E-state index in [0.29, 0.717) is 44.6 Å². The van der Waals surface area contributed by atoms with Crippen LogP contribution in [0.5, 0.6) is 0 Å². The second kappa shape index (κ2) is 9.44. The Hall–Kier alpha value is -1.76. The minimum atomic E-state index is -0.354. The molecule has 2 heterocycles. The van der Waals surface area contributed by atoms with Crippen LogP contribution < -0.4 is 0 Å². The summed E-state index contributed by atoms with van der Waals surface area (Å²) in [5.41, 5.74) is 1.85. The topological polar surface area (TPSA) is 65.1 Å². The van der Waals surface area contributed by atoms with Crippen molar-refractivity contribution in [2.45, 2.75) is 51.4 Å². The number of carbonyl (C=O) groups is 2. The van der Waals surface area contributed by atoms with E-state index < -0.39 is 0 Å². The minimum absolute atomic E-state index is 0.0755. The van der Waals surface area contributed by atoms with Gasteiger partial charge in [0.15, 0.2) is 11.6 Å². The Kier molecular flexibility index (Phi) is 6.99. The SMILES string of the molecule is CCOC(=O)CCCC(=O)c1cccc(CN2CCC3(CC2)OCCO3)c1. The number of ketones is 1. The van der Waals surface area contributed by atoms with Crippen LogP contribution in [0.1, 0.15) is 54.9 Å². The molecule has 0 N–H and O–H groups in total. The number of esters is 1. The lowest BCUT2D eigenvalue weighted by Crippen LogP contribution is -2.44. The van der Waals surface area contributed by atoms with Gasteiger partial charge in [-0.25, -0.2) is 0 Å². The molecule has 2 aliphatic rings. The second-order valence-electron chi connectivity index (χ2n) is 7.17. The highest BCUT2D eigenvalue weighted by atomic mass is 16.7. The molecule has 1 spiro atoms. The number of piperidine rings is 1. The summed E-state index contributed by atoms with van der Waals surface area (Å²) in [6, 6.07) is 7.81. The maximum atomic E-state index is 12.4. The smallest absolute Gasteiger partial charge is 0.305 e. The normalized spacial score (nSPS) is 19.3. The number of rotatable bonds is 8. The van der Waals surface area contributed by atoms with Crippen LogP contribution in [-0.4, -0.2) is 55.3 Å². The largest absolute Gasteiger partial charge is 0.466 e. The lowest BCUT2D eigenvalue weighted by Gasteiger charge is -2.37. The van der Waals surface area contributed by atoms with E-state index in [2.05, 4.69) is 11.0 Å². The fraction of sp³-hybridized carbons (Fsp3) is 0.619. The first-order valence-corrected chi connectivity index (χ1v) is 9.88. The summed E-state index contributed by atoms with van der Waals surface area (Å²) >= 11 is 0. The molecule has 0 bridgehead atoms. The van der Waals surface area contributed by atoms with Gasteiger partial charge in [-0.15, -0.1) is 0 Å². The van der Waals surface area contributed by atoms with Crippen molar-refractivity contribution in [1.29, 1.82) is 0 Å². The maximum absolute atomic E-state index is 12.4. The molecule has 0 atom stereocenters. The molecule has 0 aromatic heterocycles. The Bertz CT molecular complexity index is 644. The van der Waals surface area contributed by atoms with Crippen molar-refractivity contribution < 1.29 is 23.8 Å². The molecular formula is C21H29NO5. The van der Waals surface area contributed by atoms with Gasteiger partial charge in [0.1, 0.15) is 0 Å². The third kappa shape index (κ3) is 5.61. The van der Waals surface area contributed by atoms with Crippen molar-refractivity contribution in [1.82, 2.24) is 4.90 Å². The Morgan fingerprint density at radius 2 is 1.89 bits per heavy atom. The molecule has 3 rings (SSSR count). The number of nitrogens with zero attached hydrogens (tertiary/aromatic N) is 1. The van der Waals surface area contributed by atoms with E-state index in [1.165, 1.54) is 0 Å². The Morgan fingerprint density at radius 1 is 1.15 bits per heavy atom. The molecule has 0 amide bonds. The molecule has 6 heteroatoms. The summed E-state index contributed by atoms with van der Waals surface area (Å²) in [6.07, 6.45) is 2.96. The van der Waals surface area contributed by atoms with Crippen LogP contribution in [0.25, 0.3) is 0 Å². The summed E-state index contributed by atoms with van der Waals surface area (Å²) in [5, 5.41) is 0. The number of hydrogen-bond acceptors (Lipinski definition) is 6. The fourth-order valence-corrected chi connectivity index (χ4v) is 3.71. The number of benzene rings is 1. The first-order valence-electron chi connectivity index (χ1n) is 9.88. The molecule has 1 aromatic carbocycles. The van der Waals surface area contributed by atoms with Gasteiger partial charge in [0.25, 0.3) is 0 Å². The molecular weight excluding hydrogens is 346 g/mol. The van der Waals surface area contributed by atoms with E-state index in [0.717, 1.165) is 38.0 Å². The van der Waals surface area contributed by atoms with Crippen LogP contribution in [0.4, 0.5) is 0 Å². The first-order chi connectivity index (χ1) is 13.1. The average molecular weight is 375 g/mol. The van der Waals surface area contributed by atoms with Gasteiger partial charge in [0, 0.05) is 50.9 Å². The van der Waals surface area contributed by atoms with Crippen molar-refractivity contribution in [2.75, 3.05) is 32.9 Å². The molecule has 0 unspecified atom stereocenters. The molecule has 2 fully saturated rings. The average Bonchev–Trinajstić information content (AvgIpc) is 3.12. The van der Waals surface area contributed by atoms with Gasteiger partial charge in [0.05, 0.1) is 19.8 Å². The zero-order valence-corrected chi connectivity index (χ0v) is 16.1. The van der Waals surface area contributed by atoms with E-state index in [4.69, 9.17) is 14.2 Å². The highest BCUT2D eigenvalue weighted by Crippen LogP contribution is 2.31. The van der Waals surface area contributed by atoms with E-state index in [1.54, 1.807) is 6.92 Å². The molecule has 2 aliphatic heterocycles. The Labute approximate surface area is 160 Å². The van der Waals surface area contributed by atoms with Crippen LogP contribution in [0, 0.1) is 0 Å². The maximum Gasteiger partial charge on any atom is 0.305 e. The number of hydrogen-bond donors (Lipinski definition) is 0. The lowest BCUT2D eigenvalue weighted by molar-refractivity contribution is -0.185. The first kappa shape index (κ1) is 20.0. The third-order valence-electron chi connectivity index (χ3n) is 5.18. The van der Waals surface area contributed by atoms with Crippen molar-refractivity contribution in [3.05, 3.63) is 35.4 Å². The van der Waals surface area contributed by atoms with E-state index >= 15 is 0 Å².